The van der Waals surface area contributed by atoms with E-state index in [0.717, 1.165) is 11.8 Å². The van der Waals surface area contributed by atoms with Gasteiger partial charge in [0, 0.05) is 5.56 Å². The van der Waals surface area contributed by atoms with Crippen LogP contribution in [-0.2, 0) is 4.43 Å². The molecule has 82 valence electrons. The Labute approximate surface area is 92.4 Å². The lowest BCUT2D eigenvalue weighted by atomic mass is 10.1. The molecule has 0 aromatic heterocycles. The van der Waals surface area contributed by atoms with Crippen LogP contribution in [0.5, 0.6) is 0 Å². The van der Waals surface area contributed by atoms with Crippen LogP contribution in [0, 0.1) is 0 Å². The summed E-state index contributed by atoms with van der Waals surface area (Å²) in [6.07, 6.45) is 0.964. The van der Waals surface area contributed by atoms with Gasteiger partial charge in [0.2, 0.25) is 0 Å². The van der Waals surface area contributed by atoms with Crippen molar-refractivity contribution in [2.45, 2.75) is 32.7 Å². The summed E-state index contributed by atoms with van der Waals surface area (Å²) < 4.78 is 5.95. The van der Waals surface area contributed by atoms with Crippen molar-refractivity contribution in [3.63, 3.8) is 0 Å². The number of carbonyl (C=O) groups excluding carboxylic acids is 1. The maximum absolute atomic E-state index is 10.5. The minimum Gasteiger partial charge on any atom is -0.411 e. The molecule has 0 spiro atoms. The van der Waals surface area contributed by atoms with Crippen LogP contribution >= 0.6 is 0 Å². The standard InChI is InChI=1S/C12H18O2Si/c1-10(14-15(2,3)4)12-7-5-11(9-13)6-8-12/h5-10H,1-4H3. The molecule has 0 saturated heterocycles. The lowest BCUT2D eigenvalue weighted by molar-refractivity contribution is 0.112. The van der Waals surface area contributed by atoms with Crippen molar-refractivity contribution in [2.75, 3.05) is 0 Å². The Morgan fingerprint density at radius 1 is 1.20 bits per heavy atom. The van der Waals surface area contributed by atoms with E-state index in [1.165, 1.54) is 0 Å². The van der Waals surface area contributed by atoms with Crippen LogP contribution in [0.4, 0.5) is 0 Å². The molecule has 2 nitrogen and oxygen atoms in total. The van der Waals surface area contributed by atoms with Gasteiger partial charge in [-0.3, -0.25) is 4.79 Å². The highest BCUT2D eigenvalue weighted by Gasteiger charge is 2.18. The van der Waals surface area contributed by atoms with Crippen LogP contribution in [-0.4, -0.2) is 14.6 Å². The third-order valence-corrected chi connectivity index (χ3v) is 3.13. The summed E-state index contributed by atoms with van der Waals surface area (Å²) in [5.74, 6) is 0. The Hall–Kier alpha value is -0.933. The predicted molar refractivity (Wildman–Crippen MR) is 64.7 cm³/mol. The van der Waals surface area contributed by atoms with Crippen LogP contribution in [0.3, 0.4) is 0 Å². The summed E-state index contributed by atoms with van der Waals surface area (Å²) in [5.41, 5.74) is 1.84. The molecule has 1 aromatic carbocycles. The molecule has 0 radical (unpaired) electrons. The van der Waals surface area contributed by atoms with Gasteiger partial charge in [-0.2, -0.15) is 0 Å². The van der Waals surface area contributed by atoms with E-state index < -0.39 is 8.32 Å². The predicted octanol–water partition coefficient (Wildman–Crippen LogP) is 3.41. The third-order valence-electron chi connectivity index (χ3n) is 2.07. The van der Waals surface area contributed by atoms with Crippen molar-refractivity contribution in [1.29, 1.82) is 0 Å². The lowest BCUT2D eigenvalue weighted by Gasteiger charge is -2.23. The molecule has 1 atom stereocenters. The largest absolute Gasteiger partial charge is 0.411 e. The number of rotatable bonds is 4. The van der Waals surface area contributed by atoms with Crippen LogP contribution in [0.15, 0.2) is 24.3 Å². The summed E-state index contributed by atoms with van der Waals surface area (Å²) in [6.45, 7) is 8.56. The SMILES string of the molecule is CC(O[Si](C)(C)C)c1ccc(C=O)cc1. The van der Waals surface area contributed by atoms with Crippen molar-refractivity contribution in [1.82, 2.24) is 0 Å². The Morgan fingerprint density at radius 2 is 1.73 bits per heavy atom. The van der Waals surface area contributed by atoms with Gasteiger partial charge in [0.15, 0.2) is 8.32 Å². The first-order valence-corrected chi connectivity index (χ1v) is 8.56. The normalized spacial score (nSPS) is 13.6. The lowest BCUT2D eigenvalue weighted by Crippen LogP contribution is -2.26. The molecule has 0 aliphatic heterocycles. The Kier molecular flexibility index (Phi) is 3.82. The quantitative estimate of drug-likeness (QED) is 0.576. The fourth-order valence-electron chi connectivity index (χ4n) is 1.44. The average molecular weight is 222 g/mol. The zero-order chi connectivity index (χ0) is 11.5. The van der Waals surface area contributed by atoms with E-state index in [1.807, 2.05) is 31.2 Å². The minimum atomic E-state index is -1.49. The fourth-order valence-corrected chi connectivity index (χ4v) is 2.64. The summed E-state index contributed by atoms with van der Waals surface area (Å²) in [6, 6.07) is 7.56. The highest BCUT2D eigenvalue weighted by Crippen LogP contribution is 2.21. The van der Waals surface area contributed by atoms with E-state index in [2.05, 4.69) is 19.6 Å². The zero-order valence-corrected chi connectivity index (χ0v) is 10.8. The molecular weight excluding hydrogens is 204 g/mol. The molecular formula is C12H18O2Si. The van der Waals surface area contributed by atoms with Gasteiger partial charge in [-0.25, -0.2) is 0 Å². The highest BCUT2D eigenvalue weighted by atomic mass is 28.4. The molecule has 0 N–H and O–H groups in total. The van der Waals surface area contributed by atoms with E-state index >= 15 is 0 Å². The molecule has 15 heavy (non-hydrogen) atoms. The number of hydrogen-bond donors (Lipinski definition) is 0. The maximum atomic E-state index is 10.5. The molecule has 0 amide bonds. The van der Waals surface area contributed by atoms with Gasteiger partial charge in [0.1, 0.15) is 6.29 Å². The smallest absolute Gasteiger partial charge is 0.184 e. The number of carbonyl (C=O) groups is 1. The molecule has 0 aliphatic carbocycles. The van der Waals surface area contributed by atoms with Gasteiger partial charge in [-0.1, -0.05) is 24.3 Å². The second kappa shape index (κ2) is 4.73. The summed E-state index contributed by atoms with van der Waals surface area (Å²) in [5, 5.41) is 0. The maximum Gasteiger partial charge on any atom is 0.184 e. The van der Waals surface area contributed by atoms with Gasteiger partial charge in [-0.15, -0.1) is 0 Å². The Bertz CT molecular complexity index is 324. The molecule has 3 heteroatoms. The first-order chi connectivity index (χ1) is 6.92. The number of aldehydes is 1. The molecule has 0 aliphatic rings. The second-order valence-corrected chi connectivity index (χ2v) is 9.12. The van der Waals surface area contributed by atoms with Gasteiger partial charge in [-0.05, 0) is 32.1 Å². The summed E-state index contributed by atoms with van der Waals surface area (Å²) >= 11 is 0. The van der Waals surface area contributed by atoms with Crippen LogP contribution in [0.25, 0.3) is 0 Å². The third kappa shape index (κ3) is 3.97. The van der Waals surface area contributed by atoms with E-state index in [1.54, 1.807) is 0 Å². The molecule has 0 saturated carbocycles. The van der Waals surface area contributed by atoms with Crippen LogP contribution < -0.4 is 0 Å². The Balaban J connectivity index is 2.74. The van der Waals surface area contributed by atoms with Crippen LogP contribution in [0.2, 0.25) is 19.6 Å². The van der Waals surface area contributed by atoms with Gasteiger partial charge < -0.3 is 4.43 Å². The number of hydrogen-bond acceptors (Lipinski definition) is 2. The van der Waals surface area contributed by atoms with E-state index in [4.69, 9.17) is 4.43 Å². The van der Waals surface area contributed by atoms with Gasteiger partial charge >= 0.3 is 0 Å². The van der Waals surface area contributed by atoms with E-state index in [9.17, 15) is 4.79 Å². The summed E-state index contributed by atoms with van der Waals surface area (Å²) in [7, 11) is -1.49. The first-order valence-electron chi connectivity index (χ1n) is 5.15. The van der Waals surface area contributed by atoms with Gasteiger partial charge in [0.05, 0.1) is 6.10 Å². The highest BCUT2D eigenvalue weighted by molar-refractivity contribution is 6.69. The van der Waals surface area contributed by atoms with Crippen molar-refractivity contribution >= 4 is 14.6 Å². The Morgan fingerprint density at radius 3 is 2.13 bits per heavy atom. The average Bonchev–Trinajstić information content (AvgIpc) is 2.15. The molecule has 1 rings (SSSR count). The topological polar surface area (TPSA) is 26.3 Å². The second-order valence-electron chi connectivity index (χ2n) is 4.66. The minimum absolute atomic E-state index is 0.109. The first kappa shape index (κ1) is 12.1. The molecule has 1 aromatic rings. The van der Waals surface area contributed by atoms with Crippen molar-refractivity contribution in [3.05, 3.63) is 35.4 Å². The van der Waals surface area contributed by atoms with Crippen molar-refractivity contribution < 1.29 is 9.22 Å². The zero-order valence-electron chi connectivity index (χ0n) is 9.78. The fraction of sp³-hybridized carbons (Fsp3) is 0.417. The molecule has 0 heterocycles. The number of benzene rings is 1. The van der Waals surface area contributed by atoms with Gasteiger partial charge in [0.25, 0.3) is 0 Å². The van der Waals surface area contributed by atoms with Crippen LogP contribution in [0.1, 0.15) is 28.9 Å². The van der Waals surface area contributed by atoms with Crippen molar-refractivity contribution in [2.24, 2.45) is 0 Å². The summed E-state index contributed by atoms with van der Waals surface area (Å²) in [4.78, 5) is 10.5. The monoisotopic (exact) mass is 222 g/mol. The van der Waals surface area contributed by atoms with E-state index in [-0.39, 0.29) is 6.10 Å². The molecule has 0 bridgehead atoms. The van der Waals surface area contributed by atoms with E-state index in [0.29, 0.717) is 5.56 Å². The molecule has 1 unspecified atom stereocenters. The van der Waals surface area contributed by atoms with Crippen molar-refractivity contribution in [3.8, 4) is 0 Å². The molecule has 0 fully saturated rings.